The fourth-order valence-electron chi connectivity index (χ4n) is 2.12. The zero-order chi connectivity index (χ0) is 11.9. The van der Waals surface area contributed by atoms with E-state index in [9.17, 15) is 0 Å². The van der Waals surface area contributed by atoms with Crippen LogP contribution in [-0.4, -0.2) is 4.98 Å². The summed E-state index contributed by atoms with van der Waals surface area (Å²) in [5, 5.41) is 0. The smallest absolute Gasteiger partial charge is 0.0664 e. The van der Waals surface area contributed by atoms with Crippen molar-refractivity contribution in [2.75, 3.05) is 5.73 Å². The van der Waals surface area contributed by atoms with Crippen LogP contribution in [0.1, 0.15) is 75.2 Å². The molecule has 1 heterocycles. The molecule has 2 nitrogen and oxygen atoms in total. The number of rotatable bonds is 3. The van der Waals surface area contributed by atoms with E-state index in [1.807, 2.05) is 0 Å². The minimum Gasteiger partial charge on any atom is -0.397 e. The lowest BCUT2D eigenvalue weighted by molar-refractivity contribution is 0.787. The lowest BCUT2D eigenvalue weighted by Gasteiger charge is -2.17. The number of anilines is 1. The third-order valence-corrected chi connectivity index (χ3v) is 3.30. The molecule has 0 unspecified atom stereocenters. The Morgan fingerprint density at radius 2 is 1.81 bits per heavy atom. The Morgan fingerprint density at radius 3 is 2.25 bits per heavy atom. The van der Waals surface area contributed by atoms with Crippen LogP contribution in [0.2, 0.25) is 0 Å². The minimum absolute atomic E-state index is 0.413. The number of nitrogens with zero attached hydrogens (tertiary/aromatic N) is 1. The van der Waals surface area contributed by atoms with Crippen molar-refractivity contribution in [2.45, 2.75) is 58.3 Å². The molecular weight excluding hydrogens is 196 g/mol. The van der Waals surface area contributed by atoms with E-state index in [2.05, 4.69) is 33.8 Å². The molecule has 1 aliphatic carbocycles. The fourth-order valence-corrected chi connectivity index (χ4v) is 2.12. The molecule has 0 aromatic carbocycles. The molecule has 2 heteroatoms. The van der Waals surface area contributed by atoms with Crippen molar-refractivity contribution >= 4 is 5.69 Å². The van der Waals surface area contributed by atoms with Crippen LogP contribution < -0.4 is 5.73 Å². The van der Waals surface area contributed by atoms with Gasteiger partial charge in [-0.25, -0.2) is 0 Å². The molecule has 1 aromatic heterocycles. The zero-order valence-electron chi connectivity index (χ0n) is 10.7. The summed E-state index contributed by atoms with van der Waals surface area (Å²) in [4.78, 5) is 4.75. The second-order valence-electron chi connectivity index (χ2n) is 5.52. The molecule has 1 saturated carbocycles. The van der Waals surface area contributed by atoms with Crippen molar-refractivity contribution in [3.8, 4) is 0 Å². The molecular formula is C14H22N2. The van der Waals surface area contributed by atoms with Gasteiger partial charge in [-0.05, 0) is 36.3 Å². The highest BCUT2D eigenvalue weighted by Crippen LogP contribution is 2.41. The summed E-state index contributed by atoms with van der Waals surface area (Å²) >= 11 is 0. The van der Waals surface area contributed by atoms with Gasteiger partial charge >= 0.3 is 0 Å². The lowest BCUT2D eigenvalue weighted by atomic mass is 9.95. The van der Waals surface area contributed by atoms with Gasteiger partial charge in [-0.1, -0.05) is 27.7 Å². The van der Waals surface area contributed by atoms with E-state index in [4.69, 9.17) is 10.7 Å². The summed E-state index contributed by atoms with van der Waals surface area (Å²) < 4.78 is 0. The van der Waals surface area contributed by atoms with Gasteiger partial charge < -0.3 is 5.73 Å². The van der Waals surface area contributed by atoms with Crippen molar-refractivity contribution < 1.29 is 0 Å². The van der Waals surface area contributed by atoms with E-state index in [0.29, 0.717) is 17.8 Å². The summed E-state index contributed by atoms with van der Waals surface area (Å²) in [6.45, 7) is 8.73. The Hall–Kier alpha value is -1.05. The maximum atomic E-state index is 6.21. The van der Waals surface area contributed by atoms with E-state index in [1.54, 1.807) is 0 Å². The van der Waals surface area contributed by atoms with Gasteiger partial charge in [0.05, 0.1) is 11.4 Å². The maximum absolute atomic E-state index is 6.21. The van der Waals surface area contributed by atoms with Crippen LogP contribution in [0.3, 0.4) is 0 Å². The zero-order valence-corrected chi connectivity index (χ0v) is 10.7. The molecule has 0 atom stereocenters. The summed E-state index contributed by atoms with van der Waals surface area (Å²) in [6, 6.07) is 2.23. The van der Waals surface area contributed by atoms with Crippen LogP contribution in [0, 0.1) is 0 Å². The van der Waals surface area contributed by atoms with Crippen molar-refractivity contribution in [3.63, 3.8) is 0 Å². The van der Waals surface area contributed by atoms with Gasteiger partial charge in [0, 0.05) is 11.6 Å². The van der Waals surface area contributed by atoms with Gasteiger partial charge in [-0.2, -0.15) is 0 Å². The predicted octanol–water partition coefficient (Wildman–Crippen LogP) is 3.79. The topological polar surface area (TPSA) is 38.9 Å². The first-order valence-corrected chi connectivity index (χ1v) is 6.31. The summed E-state index contributed by atoms with van der Waals surface area (Å²) in [5.41, 5.74) is 10.8. The molecule has 0 amide bonds. The van der Waals surface area contributed by atoms with Gasteiger partial charge in [-0.15, -0.1) is 0 Å². The summed E-state index contributed by atoms with van der Waals surface area (Å²) in [5.74, 6) is 1.60. The Morgan fingerprint density at radius 1 is 1.19 bits per heavy atom. The number of hydrogen-bond acceptors (Lipinski definition) is 2. The second-order valence-corrected chi connectivity index (χ2v) is 5.52. The van der Waals surface area contributed by atoms with E-state index in [-0.39, 0.29) is 0 Å². The highest BCUT2D eigenvalue weighted by Gasteiger charge is 2.27. The average molecular weight is 218 g/mol. The quantitative estimate of drug-likeness (QED) is 0.838. The van der Waals surface area contributed by atoms with Gasteiger partial charge in [0.1, 0.15) is 0 Å². The SMILES string of the molecule is CC(C)c1cc(C2CC2)nc(C(C)C)c1N. The van der Waals surface area contributed by atoms with Gasteiger partial charge in [0.2, 0.25) is 0 Å². The third kappa shape index (κ3) is 2.06. The van der Waals surface area contributed by atoms with E-state index in [1.165, 1.54) is 24.1 Å². The number of pyridine rings is 1. The molecule has 0 aliphatic heterocycles. The number of nitrogens with two attached hydrogens (primary N) is 1. The van der Waals surface area contributed by atoms with E-state index in [0.717, 1.165) is 11.4 Å². The van der Waals surface area contributed by atoms with Crippen LogP contribution >= 0.6 is 0 Å². The molecule has 88 valence electrons. The monoisotopic (exact) mass is 218 g/mol. The van der Waals surface area contributed by atoms with Gasteiger partial charge in [0.15, 0.2) is 0 Å². The molecule has 1 aromatic rings. The highest BCUT2D eigenvalue weighted by atomic mass is 14.8. The Labute approximate surface area is 98.3 Å². The molecule has 0 bridgehead atoms. The minimum atomic E-state index is 0.413. The van der Waals surface area contributed by atoms with E-state index >= 15 is 0 Å². The second kappa shape index (κ2) is 4.08. The molecule has 1 aliphatic rings. The average Bonchev–Trinajstić information content (AvgIpc) is 3.00. The van der Waals surface area contributed by atoms with Crippen molar-refractivity contribution in [3.05, 3.63) is 23.0 Å². The predicted molar refractivity (Wildman–Crippen MR) is 68.8 cm³/mol. The standard InChI is InChI=1S/C14H22N2/c1-8(2)11-7-12(10-5-6-10)16-14(9(3)4)13(11)15/h7-10H,5-6,15H2,1-4H3. The lowest BCUT2D eigenvalue weighted by Crippen LogP contribution is -2.08. The van der Waals surface area contributed by atoms with Gasteiger partial charge in [-0.3, -0.25) is 4.98 Å². The number of aromatic nitrogens is 1. The summed E-state index contributed by atoms with van der Waals surface area (Å²) in [7, 11) is 0. The van der Waals surface area contributed by atoms with Crippen LogP contribution in [0.25, 0.3) is 0 Å². The fraction of sp³-hybridized carbons (Fsp3) is 0.643. The molecule has 0 spiro atoms. The first kappa shape index (κ1) is 11.4. The molecule has 2 rings (SSSR count). The Balaban J connectivity index is 2.51. The Bertz CT molecular complexity index is 361. The number of hydrogen-bond donors (Lipinski definition) is 1. The van der Waals surface area contributed by atoms with Gasteiger partial charge in [0.25, 0.3) is 0 Å². The Kier molecular flexibility index (Phi) is 2.92. The summed E-state index contributed by atoms with van der Waals surface area (Å²) in [6.07, 6.45) is 2.60. The third-order valence-electron chi connectivity index (χ3n) is 3.30. The first-order valence-electron chi connectivity index (χ1n) is 6.31. The highest BCUT2D eigenvalue weighted by molar-refractivity contribution is 5.54. The maximum Gasteiger partial charge on any atom is 0.0664 e. The van der Waals surface area contributed by atoms with Crippen LogP contribution in [0.4, 0.5) is 5.69 Å². The first-order chi connectivity index (χ1) is 7.50. The van der Waals surface area contributed by atoms with Crippen molar-refractivity contribution in [1.29, 1.82) is 0 Å². The van der Waals surface area contributed by atoms with Crippen LogP contribution in [-0.2, 0) is 0 Å². The van der Waals surface area contributed by atoms with Crippen LogP contribution in [0.15, 0.2) is 6.07 Å². The molecule has 2 N–H and O–H groups in total. The normalized spacial score (nSPS) is 16.1. The number of nitrogen functional groups attached to an aromatic ring is 1. The van der Waals surface area contributed by atoms with E-state index < -0.39 is 0 Å². The van der Waals surface area contributed by atoms with Crippen molar-refractivity contribution in [2.24, 2.45) is 0 Å². The van der Waals surface area contributed by atoms with Crippen molar-refractivity contribution in [1.82, 2.24) is 4.98 Å². The molecule has 1 fully saturated rings. The molecule has 0 radical (unpaired) electrons. The molecule has 0 saturated heterocycles. The molecule has 16 heavy (non-hydrogen) atoms. The van der Waals surface area contributed by atoms with Crippen LogP contribution in [0.5, 0.6) is 0 Å². The largest absolute Gasteiger partial charge is 0.397 e.